The molecule has 0 N–H and O–H groups in total. The molecule has 4 nitrogen and oxygen atoms in total. The molecular weight excluding hydrogens is 329 g/mol. The Balaban J connectivity index is 1.79. The molecule has 1 spiro atoms. The second-order valence-electron chi connectivity index (χ2n) is 5.06. The SMILES string of the molecule is O=C(c1ccc(Br)cc1F)N1CCCC2(C1)OCCO2. The molecule has 2 aliphatic heterocycles. The molecule has 0 aromatic heterocycles. The van der Waals surface area contributed by atoms with Gasteiger partial charge in [-0.3, -0.25) is 4.79 Å². The first kappa shape index (κ1) is 14.0. The number of benzene rings is 1. The van der Waals surface area contributed by atoms with Crippen LogP contribution in [0.3, 0.4) is 0 Å². The molecule has 1 aromatic rings. The number of ether oxygens (including phenoxy) is 2. The zero-order chi connectivity index (χ0) is 14.2. The topological polar surface area (TPSA) is 38.8 Å². The van der Waals surface area contributed by atoms with Crippen molar-refractivity contribution in [2.24, 2.45) is 0 Å². The van der Waals surface area contributed by atoms with E-state index < -0.39 is 11.6 Å². The van der Waals surface area contributed by atoms with Crippen molar-refractivity contribution >= 4 is 21.8 Å². The second kappa shape index (κ2) is 5.42. The molecule has 2 aliphatic rings. The highest BCUT2D eigenvalue weighted by Crippen LogP contribution is 2.31. The lowest BCUT2D eigenvalue weighted by Gasteiger charge is -2.38. The van der Waals surface area contributed by atoms with Crippen molar-refractivity contribution in [3.63, 3.8) is 0 Å². The molecule has 2 heterocycles. The average molecular weight is 344 g/mol. The van der Waals surface area contributed by atoms with Gasteiger partial charge in [-0.05, 0) is 24.6 Å². The van der Waals surface area contributed by atoms with Crippen LogP contribution in [0.5, 0.6) is 0 Å². The summed E-state index contributed by atoms with van der Waals surface area (Å²) >= 11 is 3.19. The third kappa shape index (κ3) is 2.60. The lowest BCUT2D eigenvalue weighted by atomic mass is 10.0. The van der Waals surface area contributed by atoms with Gasteiger partial charge < -0.3 is 14.4 Å². The highest BCUT2D eigenvalue weighted by molar-refractivity contribution is 9.10. The second-order valence-corrected chi connectivity index (χ2v) is 5.98. The van der Waals surface area contributed by atoms with E-state index in [2.05, 4.69) is 15.9 Å². The minimum absolute atomic E-state index is 0.0863. The summed E-state index contributed by atoms with van der Waals surface area (Å²) in [5, 5.41) is 0. The zero-order valence-corrected chi connectivity index (χ0v) is 12.5. The van der Waals surface area contributed by atoms with Gasteiger partial charge in [0.05, 0.1) is 25.3 Å². The Morgan fingerprint density at radius 3 is 2.80 bits per heavy atom. The fraction of sp³-hybridized carbons (Fsp3) is 0.500. The molecule has 0 radical (unpaired) electrons. The Bertz CT molecular complexity index is 531. The van der Waals surface area contributed by atoms with Crippen molar-refractivity contribution in [2.75, 3.05) is 26.3 Å². The predicted molar refractivity (Wildman–Crippen MR) is 73.9 cm³/mol. The van der Waals surface area contributed by atoms with Crippen molar-refractivity contribution in [2.45, 2.75) is 18.6 Å². The van der Waals surface area contributed by atoms with E-state index in [0.717, 1.165) is 12.8 Å². The van der Waals surface area contributed by atoms with E-state index in [1.165, 1.54) is 12.1 Å². The Labute approximate surface area is 125 Å². The van der Waals surface area contributed by atoms with Crippen LogP contribution in [0, 0.1) is 5.82 Å². The fourth-order valence-electron chi connectivity index (χ4n) is 2.73. The number of likely N-dealkylation sites (tertiary alicyclic amines) is 1. The van der Waals surface area contributed by atoms with E-state index in [1.54, 1.807) is 11.0 Å². The lowest BCUT2D eigenvalue weighted by Crippen LogP contribution is -2.51. The van der Waals surface area contributed by atoms with E-state index in [4.69, 9.17) is 9.47 Å². The Morgan fingerprint density at radius 2 is 2.10 bits per heavy atom. The Kier molecular flexibility index (Phi) is 3.79. The molecule has 3 rings (SSSR count). The normalized spacial score (nSPS) is 21.4. The van der Waals surface area contributed by atoms with E-state index >= 15 is 0 Å². The average Bonchev–Trinajstić information content (AvgIpc) is 2.86. The summed E-state index contributed by atoms with van der Waals surface area (Å²) in [6, 6.07) is 4.47. The summed E-state index contributed by atoms with van der Waals surface area (Å²) in [6.07, 6.45) is 1.57. The van der Waals surface area contributed by atoms with Crippen LogP contribution in [-0.4, -0.2) is 42.9 Å². The van der Waals surface area contributed by atoms with Gasteiger partial charge in [0.15, 0.2) is 5.79 Å². The van der Waals surface area contributed by atoms with Crippen molar-refractivity contribution < 1.29 is 18.7 Å². The third-order valence-corrected chi connectivity index (χ3v) is 4.17. The molecule has 6 heteroatoms. The molecule has 2 saturated heterocycles. The van der Waals surface area contributed by atoms with E-state index in [-0.39, 0.29) is 11.5 Å². The fourth-order valence-corrected chi connectivity index (χ4v) is 3.06. The van der Waals surface area contributed by atoms with Gasteiger partial charge in [0.1, 0.15) is 5.82 Å². The van der Waals surface area contributed by atoms with Crippen molar-refractivity contribution in [3.05, 3.63) is 34.1 Å². The number of nitrogens with zero attached hydrogens (tertiary/aromatic N) is 1. The van der Waals surface area contributed by atoms with Crippen LogP contribution in [0.4, 0.5) is 4.39 Å². The number of rotatable bonds is 1. The molecule has 0 atom stereocenters. The van der Waals surface area contributed by atoms with E-state index in [9.17, 15) is 9.18 Å². The number of hydrogen-bond donors (Lipinski definition) is 0. The minimum atomic E-state index is -0.681. The third-order valence-electron chi connectivity index (χ3n) is 3.68. The van der Waals surface area contributed by atoms with Crippen LogP contribution in [0.1, 0.15) is 23.2 Å². The molecule has 1 amide bonds. The zero-order valence-electron chi connectivity index (χ0n) is 10.9. The van der Waals surface area contributed by atoms with Crippen molar-refractivity contribution in [1.29, 1.82) is 0 Å². The first-order valence-corrected chi connectivity index (χ1v) is 7.41. The Morgan fingerprint density at radius 1 is 1.35 bits per heavy atom. The largest absolute Gasteiger partial charge is 0.346 e. The number of carbonyl (C=O) groups excluding carboxylic acids is 1. The maximum atomic E-state index is 13.9. The summed E-state index contributed by atoms with van der Waals surface area (Å²) in [5.41, 5.74) is 0.0863. The van der Waals surface area contributed by atoms with Gasteiger partial charge in [-0.25, -0.2) is 4.39 Å². The van der Waals surface area contributed by atoms with Crippen LogP contribution in [0.2, 0.25) is 0 Å². The smallest absolute Gasteiger partial charge is 0.257 e. The van der Waals surface area contributed by atoms with Gasteiger partial charge in [0.25, 0.3) is 5.91 Å². The van der Waals surface area contributed by atoms with Gasteiger partial charge in [0.2, 0.25) is 0 Å². The number of halogens is 2. The van der Waals surface area contributed by atoms with Gasteiger partial charge in [-0.15, -0.1) is 0 Å². The maximum absolute atomic E-state index is 13.9. The molecule has 0 bridgehead atoms. The van der Waals surface area contributed by atoms with Crippen LogP contribution < -0.4 is 0 Å². The number of piperidine rings is 1. The van der Waals surface area contributed by atoms with Crippen LogP contribution >= 0.6 is 15.9 Å². The summed E-state index contributed by atoms with van der Waals surface area (Å²) in [7, 11) is 0. The summed E-state index contributed by atoms with van der Waals surface area (Å²) < 4.78 is 25.8. The molecule has 1 aromatic carbocycles. The van der Waals surface area contributed by atoms with E-state index in [0.29, 0.717) is 30.8 Å². The molecule has 0 saturated carbocycles. The first-order valence-electron chi connectivity index (χ1n) is 6.62. The monoisotopic (exact) mass is 343 g/mol. The standard InChI is InChI=1S/C14H15BrFNO3/c15-10-2-3-11(12(16)8-10)13(18)17-5-1-4-14(9-17)19-6-7-20-14/h2-3,8H,1,4-7,9H2. The summed E-state index contributed by atoms with van der Waals surface area (Å²) in [6.45, 7) is 2.06. The Hall–Kier alpha value is -0.980. The minimum Gasteiger partial charge on any atom is -0.346 e. The molecule has 0 unspecified atom stereocenters. The highest BCUT2D eigenvalue weighted by Gasteiger charge is 2.42. The van der Waals surface area contributed by atoms with Crippen LogP contribution in [0.25, 0.3) is 0 Å². The van der Waals surface area contributed by atoms with Crippen LogP contribution in [-0.2, 0) is 9.47 Å². The molecule has 2 fully saturated rings. The van der Waals surface area contributed by atoms with Crippen molar-refractivity contribution in [1.82, 2.24) is 4.90 Å². The molecular formula is C14H15BrFNO3. The lowest BCUT2D eigenvalue weighted by molar-refractivity contribution is -0.183. The summed E-state index contributed by atoms with van der Waals surface area (Å²) in [4.78, 5) is 14.0. The van der Waals surface area contributed by atoms with Gasteiger partial charge in [-0.2, -0.15) is 0 Å². The molecule has 0 aliphatic carbocycles. The molecule has 20 heavy (non-hydrogen) atoms. The van der Waals surface area contributed by atoms with Crippen LogP contribution in [0.15, 0.2) is 22.7 Å². The maximum Gasteiger partial charge on any atom is 0.257 e. The quantitative estimate of drug-likeness (QED) is 0.786. The van der Waals surface area contributed by atoms with Gasteiger partial charge in [0, 0.05) is 17.4 Å². The number of amides is 1. The summed E-state index contributed by atoms with van der Waals surface area (Å²) in [5.74, 6) is -1.51. The first-order chi connectivity index (χ1) is 9.60. The van der Waals surface area contributed by atoms with Gasteiger partial charge in [-0.1, -0.05) is 15.9 Å². The van der Waals surface area contributed by atoms with E-state index in [1.807, 2.05) is 0 Å². The van der Waals surface area contributed by atoms with Crippen molar-refractivity contribution in [3.8, 4) is 0 Å². The number of hydrogen-bond acceptors (Lipinski definition) is 3. The number of carbonyl (C=O) groups is 1. The molecule has 108 valence electrons. The predicted octanol–water partition coefficient (Wildman–Crippen LogP) is 2.57. The van der Waals surface area contributed by atoms with Gasteiger partial charge >= 0.3 is 0 Å². The highest BCUT2D eigenvalue weighted by atomic mass is 79.9.